The number of carbonyl (C=O) groups is 3. The van der Waals surface area contributed by atoms with Gasteiger partial charge in [0, 0.05) is 31.2 Å². The largest absolute Gasteiger partial charge is 0.465 e. The molecule has 3 rings (SSSR count). The van der Waals surface area contributed by atoms with Gasteiger partial charge < -0.3 is 14.4 Å². The van der Waals surface area contributed by atoms with Crippen molar-refractivity contribution in [3.05, 3.63) is 76.5 Å². The van der Waals surface area contributed by atoms with Gasteiger partial charge in [0.25, 0.3) is 5.91 Å². The van der Waals surface area contributed by atoms with E-state index in [1.165, 1.54) is 12.0 Å². The Kier molecular flexibility index (Phi) is 6.78. The number of hydrogen-bond acceptors (Lipinski definition) is 6. The van der Waals surface area contributed by atoms with Crippen LogP contribution in [0.3, 0.4) is 0 Å². The maximum atomic E-state index is 13.4. The lowest BCUT2D eigenvalue weighted by Crippen LogP contribution is -2.24. The third kappa shape index (κ3) is 4.42. The summed E-state index contributed by atoms with van der Waals surface area (Å²) >= 11 is 0. The highest BCUT2D eigenvalue weighted by Gasteiger charge is 2.37. The van der Waals surface area contributed by atoms with Crippen molar-refractivity contribution in [1.82, 2.24) is 0 Å². The summed E-state index contributed by atoms with van der Waals surface area (Å²) in [6.07, 6.45) is 1.69. The summed E-state index contributed by atoms with van der Waals surface area (Å²) in [6, 6.07) is 14.1. The van der Waals surface area contributed by atoms with Gasteiger partial charge in [-0.3, -0.25) is 9.69 Å². The van der Waals surface area contributed by atoms with E-state index >= 15 is 0 Å². The van der Waals surface area contributed by atoms with Crippen LogP contribution in [0.5, 0.6) is 0 Å². The second kappa shape index (κ2) is 9.51. The maximum absolute atomic E-state index is 13.4. The highest BCUT2D eigenvalue weighted by molar-refractivity contribution is 6.23. The van der Waals surface area contributed by atoms with Gasteiger partial charge in [-0.05, 0) is 61.9 Å². The minimum atomic E-state index is -0.586. The van der Waals surface area contributed by atoms with Crippen molar-refractivity contribution >= 4 is 35.3 Å². The molecule has 0 aromatic heterocycles. The molecule has 0 unspecified atom stereocenters. The number of hydrogen-bond donors (Lipinski definition) is 0. The number of benzene rings is 2. The van der Waals surface area contributed by atoms with Gasteiger partial charge in [0.15, 0.2) is 0 Å². The van der Waals surface area contributed by atoms with Gasteiger partial charge in [0.05, 0.1) is 30.4 Å². The molecule has 0 saturated carbocycles. The molecule has 0 N–H and O–H groups in total. The first kappa shape index (κ1) is 22.8. The molecular weight excluding hydrogens is 408 g/mol. The molecule has 0 bridgehead atoms. The summed E-state index contributed by atoms with van der Waals surface area (Å²) in [4.78, 5) is 41.2. The number of esters is 2. The molecule has 2 aromatic carbocycles. The Bertz CT molecular complexity index is 1100. The Labute approximate surface area is 187 Å². The van der Waals surface area contributed by atoms with Crippen LogP contribution in [0.2, 0.25) is 0 Å². The first-order valence-corrected chi connectivity index (χ1v) is 10.2. The van der Waals surface area contributed by atoms with E-state index in [0.717, 1.165) is 11.3 Å². The second-order valence-corrected chi connectivity index (χ2v) is 7.40. The lowest BCUT2D eigenvalue weighted by molar-refractivity contribution is -0.136. The molecule has 0 spiro atoms. The number of anilines is 2. The number of amides is 1. The molecule has 1 heterocycles. The predicted molar refractivity (Wildman–Crippen MR) is 123 cm³/mol. The van der Waals surface area contributed by atoms with Crippen molar-refractivity contribution in [3.8, 4) is 0 Å². The third-order valence-electron chi connectivity index (χ3n) is 5.15. The molecule has 0 saturated heterocycles. The normalized spacial score (nSPS) is 14.7. The fourth-order valence-electron chi connectivity index (χ4n) is 3.49. The lowest BCUT2D eigenvalue weighted by atomic mass is 10.0. The Hall–Kier alpha value is -3.87. The van der Waals surface area contributed by atoms with Gasteiger partial charge in [-0.1, -0.05) is 12.1 Å². The molecule has 1 aliphatic rings. The van der Waals surface area contributed by atoms with E-state index in [4.69, 9.17) is 9.47 Å². The highest BCUT2D eigenvalue weighted by atomic mass is 16.5. The molecule has 0 radical (unpaired) electrons. The van der Waals surface area contributed by atoms with Crippen molar-refractivity contribution in [3.63, 3.8) is 0 Å². The summed E-state index contributed by atoms with van der Waals surface area (Å²) in [5.74, 6) is -1.36. The van der Waals surface area contributed by atoms with Crippen LogP contribution in [-0.2, 0) is 19.1 Å². The Morgan fingerprint density at radius 2 is 1.62 bits per heavy atom. The van der Waals surface area contributed by atoms with Crippen molar-refractivity contribution in [2.75, 3.05) is 37.6 Å². The van der Waals surface area contributed by atoms with E-state index in [1.807, 2.05) is 43.3 Å². The molecular formula is C25H26N2O5. The summed E-state index contributed by atoms with van der Waals surface area (Å²) in [5, 5.41) is 0. The standard InChI is InChI=1S/C25H26N2O5/c1-6-32-24(29)18-9-13-20(14-10-18)27-16(2)22(25(30)31-5)21(23(27)28)15-17-7-11-19(12-8-17)26(3)4/h7-15H,6H2,1-5H3/b21-15-. The summed E-state index contributed by atoms with van der Waals surface area (Å²) < 4.78 is 9.95. The van der Waals surface area contributed by atoms with Gasteiger partial charge >= 0.3 is 11.9 Å². The SMILES string of the molecule is CCOC(=O)c1ccc(N2C(=O)/C(=C\c3ccc(N(C)C)cc3)C(C(=O)OC)=C2C)cc1. The molecule has 1 aliphatic heterocycles. The molecule has 1 amide bonds. The summed E-state index contributed by atoms with van der Waals surface area (Å²) in [5.41, 5.74) is 3.65. The van der Waals surface area contributed by atoms with E-state index in [-0.39, 0.29) is 23.7 Å². The minimum Gasteiger partial charge on any atom is -0.465 e. The molecule has 7 nitrogen and oxygen atoms in total. The average molecular weight is 434 g/mol. The number of ether oxygens (including phenoxy) is 2. The van der Waals surface area contributed by atoms with Gasteiger partial charge in [0.1, 0.15) is 0 Å². The lowest BCUT2D eigenvalue weighted by Gasteiger charge is -2.18. The topological polar surface area (TPSA) is 76.2 Å². The van der Waals surface area contributed by atoms with E-state index in [2.05, 4.69) is 0 Å². The molecule has 0 fully saturated rings. The summed E-state index contributed by atoms with van der Waals surface area (Å²) in [7, 11) is 5.18. The van der Waals surface area contributed by atoms with Crippen LogP contribution < -0.4 is 9.80 Å². The van der Waals surface area contributed by atoms with Gasteiger partial charge in [0.2, 0.25) is 0 Å². The predicted octanol–water partition coefficient (Wildman–Crippen LogP) is 3.81. The van der Waals surface area contributed by atoms with Crippen LogP contribution in [0.1, 0.15) is 29.8 Å². The number of carbonyl (C=O) groups excluding carboxylic acids is 3. The van der Waals surface area contributed by atoms with Crippen LogP contribution in [0.15, 0.2) is 65.4 Å². The van der Waals surface area contributed by atoms with Crippen LogP contribution in [0.4, 0.5) is 11.4 Å². The van der Waals surface area contributed by atoms with E-state index in [1.54, 1.807) is 44.2 Å². The zero-order valence-electron chi connectivity index (χ0n) is 18.8. The molecule has 7 heteroatoms. The van der Waals surface area contributed by atoms with Crippen LogP contribution in [0, 0.1) is 0 Å². The average Bonchev–Trinajstić information content (AvgIpc) is 3.03. The quantitative estimate of drug-likeness (QED) is 0.508. The second-order valence-electron chi connectivity index (χ2n) is 7.40. The Morgan fingerprint density at radius 3 is 2.16 bits per heavy atom. The highest BCUT2D eigenvalue weighted by Crippen LogP contribution is 2.35. The fraction of sp³-hybridized carbons (Fsp3) is 0.240. The van der Waals surface area contributed by atoms with Gasteiger partial charge in [-0.25, -0.2) is 9.59 Å². The van der Waals surface area contributed by atoms with E-state index in [9.17, 15) is 14.4 Å². The third-order valence-corrected chi connectivity index (χ3v) is 5.15. The van der Waals surface area contributed by atoms with Crippen molar-refractivity contribution in [2.45, 2.75) is 13.8 Å². The van der Waals surface area contributed by atoms with Gasteiger partial charge in [-0.15, -0.1) is 0 Å². The summed E-state index contributed by atoms with van der Waals surface area (Å²) in [6.45, 7) is 3.71. The molecule has 166 valence electrons. The zero-order chi connectivity index (χ0) is 23.4. The van der Waals surface area contributed by atoms with Crippen molar-refractivity contribution in [1.29, 1.82) is 0 Å². The van der Waals surface area contributed by atoms with Crippen molar-refractivity contribution < 1.29 is 23.9 Å². The molecule has 0 aliphatic carbocycles. The Morgan fingerprint density at radius 1 is 1.00 bits per heavy atom. The zero-order valence-corrected chi connectivity index (χ0v) is 18.8. The number of nitrogens with zero attached hydrogens (tertiary/aromatic N) is 2. The molecule has 2 aromatic rings. The van der Waals surface area contributed by atoms with E-state index in [0.29, 0.717) is 16.9 Å². The van der Waals surface area contributed by atoms with E-state index < -0.39 is 11.9 Å². The monoisotopic (exact) mass is 434 g/mol. The fourth-order valence-corrected chi connectivity index (χ4v) is 3.49. The van der Waals surface area contributed by atoms with Crippen LogP contribution in [-0.4, -0.2) is 45.7 Å². The Balaban J connectivity index is 2.01. The molecule has 0 atom stereocenters. The first-order valence-electron chi connectivity index (χ1n) is 10.2. The van der Waals surface area contributed by atoms with Gasteiger partial charge in [-0.2, -0.15) is 0 Å². The smallest absolute Gasteiger partial charge is 0.340 e. The molecule has 32 heavy (non-hydrogen) atoms. The first-order chi connectivity index (χ1) is 15.3. The number of methoxy groups -OCH3 is 1. The maximum Gasteiger partial charge on any atom is 0.340 e. The number of allylic oxidation sites excluding steroid dienone is 1. The minimum absolute atomic E-state index is 0.212. The van der Waals surface area contributed by atoms with Crippen LogP contribution >= 0.6 is 0 Å². The van der Waals surface area contributed by atoms with Crippen molar-refractivity contribution in [2.24, 2.45) is 0 Å². The number of rotatable bonds is 6. The van der Waals surface area contributed by atoms with Crippen LogP contribution in [0.25, 0.3) is 6.08 Å².